The van der Waals surface area contributed by atoms with Gasteiger partial charge >= 0.3 is 5.97 Å². The van der Waals surface area contributed by atoms with Gasteiger partial charge in [-0.25, -0.2) is 4.79 Å². The fourth-order valence-electron chi connectivity index (χ4n) is 0.267. The molecule has 50 valence electrons. The molecular weight excluding hydrogens is 140 g/mol. The first kappa shape index (κ1) is 8.28. The predicted octanol–water partition coefficient (Wildman–Crippen LogP) is 1.46. The number of hydrogen-bond acceptors (Lipinski definition) is 2. The summed E-state index contributed by atoms with van der Waals surface area (Å²) in [7, 11) is 0. The average Bonchev–Trinajstić information content (AvgIpc) is 1.87. The molecule has 0 fully saturated rings. The van der Waals surface area contributed by atoms with Gasteiger partial charge in [0.2, 0.25) is 0 Å². The van der Waals surface area contributed by atoms with E-state index in [2.05, 4.69) is 17.0 Å². The highest BCUT2D eigenvalue weighted by molar-refractivity contribution is 6.41. The Morgan fingerprint density at radius 2 is 2.44 bits per heavy atom. The number of halogens is 1. The standard InChI is InChI=1S/C6H7ClO2/c1-3-5(7)6(8)9-4-2/h1,4H2,2H3. The van der Waals surface area contributed by atoms with Gasteiger partial charge in [0.05, 0.1) is 6.61 Å². The van der Waals surface area contributed by atoms with E-state index in [-0.39, 0.29) is 5.03 Å². The van der Waals surface area contributed by atoms with Gasteiger partial charge in [-0.3, -0.25) is 0 Å². The van der Waals surface area contributed by atoms with Crippen LogP contribution in [0.15, 0.2) is 17.3 Å². The topological polar surface area (TPSA) is 26.3 Å². The Hall–Kier alpha value is -0.720. The summed E-state index contributed by atoms with van der Waals surface area (Å²) in [5, 5.41) is -0.100. The monoisotopic (exact) mass is 146 g/mol. The van der Waals surface area contributed by atoms with Crippen molar-refractivity contribution in [1.82, 2.24) is 0 Å². The highest BCUT2D eigenvalue weighted by Gasteiger charge is 2.03. The van der Waals surface area contributed by atoms with Gasteiger partial charge in [-0.15, -0.1) is 5.73 Å². The largest absolute Gasteiger partial charge is 0.461 e. The first-order chi connectivity index (χ1) is 4.22. The Morgan fingerprint density at radius 3 is 2.78 bits per heavy atom. The molecule has 0 saturated carbocycles. The third-order valence-corrected chi connectivity index (χ3v) is 0.898. The summed E-state index contributed by atoms with van der Waals surface area (Å²) in [6, 6.07) is 0. The van der Waals surface area contributed by atoms with Crippen LogP contribution in [0.25, 0.3) is 0 Å². The van der Waals surface area contributed by atoms with Crippen LogP contribution < -0.4 is 0 Å². The van der Waals surface area contributed by atoms with Crippen molar-refractivity contribution in [2.75, 3.05) is 6.61 Å². The van der Waals surface area contributed by atoms with Gasteiger partial charge in [-0.1, -0.05) is 18.2 Å². The summed E-state index contributed by atoms with van der Waals surface area (Å²) < 4.78 is 4.48. The van der Waals surface area contributed by atoms with E-state index in [1.54, 1.807) is 6.92 Å². The van der Waals surface area contributed by atoms with Gasteiger partial charge < -0.3 is 4.74 Å². The number of hydrogen-bond donors (Lipinski definition) is 0. The summed E-state index contributed by atoms with van der Waals surface area (Å²) in [4.78, 5) is 10.5. The van der Waals surface area contributed by atoms with Gasteiger partial charge in [0.1, 0.15) is 0 Å². The average molecular weight is 147 g/mol. The number of esters is 1. The van der Waals surface area contributed by atoms with Gasteiger partial charge in [0.25, 0.3) is 0 Å². The van der Waals surface area contributed by atoms with E-state index < -0.39 is 5.97 Å². The SMILES string of the molecule is C=C=C(Cl)C(=O)OCC. The van der Waals surface area contributed by atoms with Gasteiger partial charge in [0.15, 0.2) is 5.03 Å². The maximum absolute atomic E-state index is 10.5. The van der Waals surface area contributed by atoms with Crippen molar-refractivity contribution in [3.05, 3.63) is 17.3 Å². The Balaban J connectivity index is 3.89. The summed E-state index contributed by atoms with van der Waals surface area (Å²) in [6.45, 7) is 5.18. The van der Waals surface area contributed by atoms with Crippen LogP contribution in [0.3, 0.4) is 0 Å². The molecule has 0 amide bonds. The number of carbonyl (C=O) groups is 1. The Bertz CT molecular complexity index is 156. The Labute approximate surface area is 58.8 Å². The van der Waals surface area contributed by atoms with Crippen LogP contribution in [0.4, 0.5) is 0 Å². The van der Waals surface area contributed by atoms with Crippen LogP contribution >= 0.6 is 11.6 Å². The number of rotatable bonds is 2. The Morgan fingerprint density at radius 1 is 1.89 bits per heavy atom. The quantitative estimate of drug-likeness (QED) is 0.335. The van der Waals surface area contributed by atoms with E-state index in [1.165, 1.54) is 0 Å². The normalized spacial score (nSPS) is 7.78. The summed E-state index contributed by atoms with van der Waals surface area (Å²) in [6.07, 6.45) is 0. The summed E-state index contributed by atoms with van der Waals surface area (Å²) >= 11 is 5.26. The third-order valence-electron chi connectivity index (χ3n) is 0.610. The Kier molecular flexibility index (Phi) is 3.85. The van der Waals surface area contributed by atoms with Crippen molar-refractivity contribution in [2.24, 2.45) is 0 Å². The number of carbonyl (C=O) groups excluding carboxylic acids is 1. The molecule has 0 rings (SSSR count). The minimum Gasteiger partial charge on any atom is -0.461 e. The molecule has 0 radical (unpaired) electrons. The smallest absolute Gasteiger partial charge is 0.357 e. The molecule has 0 aromatic carbocycles. The molecule has 0 aliphatic heterocycles. The molecule has 0 aromatic heterocycles. The van der Waals surface area contributed by atoms with Crippen LogP contribution in [0.5, 0.6) is 0 Å². The van der Waals surface area contributed by atoms with E-state index in [0.29, 0.717) is 6.61 Å². The van der Waals surface area contributed by atoms with Crippen molar-refractivity contribution in [3.8, 4) is 0 Å². The van der Waals surface area contributed by atoms with E-state index >= 15 is 0 Å². The van der Waals surface area contributed by atoms with Crippen molar-refractivity contribution >= 4 is 17.6 Å². The molecule has 0 aliphatic carbocycles. The molecule has 0 N–H and O–H groups in total. The van der Waals surface area contributed by atoms with Crippen molar-refractivity contribution < 1.29 is 9.53 Å². The summed E-state index contributed by atoms with van der Waals surface area (Å²) in [5.41, 5.74) is 2.21. The van der Waals surface area contributed by atoms with Gasteiger partial charge in [0, 0.05) is 0 Å². The molecule has 0 atom stereocenters. The molecule has 0 bridgehead atoms. The first-order valence-electron chi connectivity index (χ1n) is 2.45. The zero-order chi connectivity index (χ0) is 7.28. The van der Waals surface area contributed by atoms with Crippen LogP contribution in [0.2, 0.25) is 0 Å². The molecule has 0 heterocycles. The van der Waals surface area contributed by atoms with Crippen molar-refractivity contribution in [2.45, 2.75) is 6.92 Å². The highest BCUT2D eigenvalue weighted by atomic mass is 35.5. The van der Waals surface area contributed by atoms with Gasteiger partial charge in [-0.05, 0) is 6.92 Å². The molecule has 0 saturated heterocycles. The maximum atomic E-state index is 10.5. The van der Waals surface area contributed by atoms with Crippen LogP contribution in [-0.4, -0.2) is 12.6 Å². The molecule has 3 heteroatoms. The molecule has 0 aliphatic rings. The van der Waals surface area contributed by atoms with E-state index in [9.17, 15) is 4.79 Å². The summed E-state index contributed by atoms with van der Waals surface area (Å²) in [5.74, 6) is -0.575. The van der Waals surface area contributed by atoms with Crippen LogP contribution in [0.1, 0.15) is 6.92 Å². The second-order valence-corrected chi connectivity index (χ2v) is 1.59. The fourth-order valence-corrected chi connectivity index (χ4v) is 0.321. The lowest BCUT2D eigenvalue weighted by Crippen LogP contribution is -2.02. The number of ether oxygens (including phenoxy) is 1. The molecular formula is C6H7ClO2. The highest BCUT2D eigenvalue weighted by Crippen LogP contribution is 1.99. The van der Waals surface area contributed by atoms with Crippen molar-refractivity contribution in [3.63, 3.8) is 0 Å². The molecule has 9 heavy (non-hydrogen) atoms. The lowest BCUT2D eigenvalue weighted by atomic mass is 10.6. The zero-order valence-electron chi connectivity index (χ0n) is 5.11. The van der Waals surface area contributed by atoms with Crippen LogP contribution in [0, 0.1) is 0 Å². The van der Waals surface area contributed by atoms with E-state index in [4.69, 9.17) is 11.6 Å². The second kappa shape index (κ2) is 4.19. The van der Waals surface area contributed by atoms with E-state index in [0.717, 1.165) is 0 Å². The molecule has 0 spiro atoms. The lowest BCUT2D eigenvalue weighted by molar-refractivity contribution is -0.137. The minimum atomic E-state index is -0.575. The first-order valence-corrected chi connectivity index (χ1v) is 2.82. The fraction of sp³-hybridized carbons (Fsp3) is 0.333. The minimum absolute atomic E-state index is 0.100. The zero-order valence-corrected chi connectivity index (χ0v) is 5.86. The lowest BCUT2D eigenvalue weighted by Gasteiger charge is -1.94. The van der Waals surface area contributed by atoms with Crippen LogP contribution in [-0.2, 0) is 9.53 Å². The molecule has 2 nitrogen and oxygen atoms in total. The second-order valence-electron chi connectivity index (χ2n) is 1.21. The van der Waals surface area contributed by atoms with E-state index in [1.807, 2.05) is 0 Å². The van der Waals surface area contributed by atoms with Gasteiger partial charge in [-0.2, -0.15) is 0 Å². The molecule has 0 unspecified atom stereocenters. The predicted molar refractivity (Wildman–Crippen MR) is 35.1 cm³/mol. The molecule has 0 aromatic rings. The maximum Gasteiger partial charge on any atom is 0.357 e. The van der Waals surface area contributed by atoms with Crippen molar-refractivity contribution in [1.29, 1.82) is 0 Å². The third kappa shape index (κ3) is 2.96.